The van der Waals surface area contributed by atoms with Crippen LogP contribution in [-0.4, -0.2) is 37.2 Å². The van der Waals surface area contributed by atoms with Gasteiger partial charge in [0.25, 0.3) is 0 Å². The zero-order valence-electron chi connectivity index (χ0n) is 12.4. The summed E-state index contributed by atoms with van der Waals surface area (Å²) in [5, 5.41) is 12.5. The van der Waals surface area contributed by atoms with E-state index in [1.54, 1.807) is 24.3 Å². The average molecular weight is 375 g/mol. The molecule has 1 aromatic rings. The van der Waals surface area contributed by atoms with E-state index in [4.69, 9.17) is 9.47 Å². The number of rotatable bonds is 6. The fraction of sp³-hybridized carbons (Fsp3) is 0.429. The molecule has 1 aromatic carbocycles. The van der Waals surface area contributed by atoms with Gasteiger partial charge in [0.05, 0.1) is 18.8 Å². The summed E-state index contributed by atoms with van der Waals surface area (Å²) >= 11 is 3.25. The van der Waals surface area contributed by atoms with E-state index in [9.17, 15) is 14.8 Å². The first-order valence-electron chi connectivity index (χ1n) is 6.72. The van der Waals surface area contributed by atoms with Crippen LogP contribution in [0.25, 0.3) is 0 Å². The molecule has 0 saturated heterocycles. The second-order valence-corrected chi connectivity index (χ2v) is 5.74. The molecule has 122 valence electrons. The van der Waals surface area contributed by atoms with Crippen molar-refractivity contribution in [2.24, 2.45) is 5.92 Å². The lowest BCUT2D eigenvalue weighted by molar-refractivity contribution is 0.113. The van der Waals surface area contributed by atoms with Crippen LogP contribution >= 0.6 is 15.9 Å². The standard InChI is InChI=1S/C14H19BrN2O5/c1-10(2)9-22-13(18)16-7-8-21-14(19)17(20)12-5-3-11(15)4-6-12/h3-6,10,20H,7-9H2,1-2H3,(H,16,18). The van der Waals surface area contributed by atoms with E-state index in [-0.39, 0.29) is 24.8 Å². The van der Waals surface area contributed by atoms with Crippen LogP contribution in [0.15, 0.2) is 28.7 Å². The van der Waals surface area contributed by atoms with E-state index in [2.05, 4.69) is 21.2 Å². The van der Waals surface area contributed by atoms with Crippen LogP contribution in [0.2, 0.25) is 0 Å². The predicted molar refractivity (Wildman–Crippen MR) is 83.9 cm³/mol. The molecule has 0 unspecified atom stereocenters. The number of hydrogen-bond donors (Lipinski definition) is 2. The van der Waals surface area contributed by atoms with Crippen molar-refractivity contribution in [3.8, 4) is 0 Å². The van der Waals surface area contributed by atoms with Crippen molar-refractivity contribution < 1.29 is 24.3 Å². The SMILES string of the molecule is CC(C)COC(=O)NCCOC(=O)N(O)c1ccc(Br)cc1. The fourth-order valence-corrected chi connectivity index (χ4v) is 1.60. The number of benzene rings is 1. The Morgan fingerprint density at radius 1 is 1.27 bits per heavy atom. The van der Waals surface area contributed by atoms with E-state index in [1.165, 1.54) is 0 Å². The van der Waals surface area contributed by atoms with Crippen LogP contribution in [0.5, 0.6) is 0 Å². The van der Waals surface area contributed by atoms with E-state index in [0.717, 1.165) is 4.47 Å². The Morgan fingerprint density at radius 3 is 2.50 bits per heavy atom. The topological polar surface area (TPSA) is 88.1 Å². The number of carbonyl (C=O) groups is 2. The molecule has 0 spiro atoms. The summed E-state index contributed by atoms with van der Waals surface area (Å²) in [5.74, 6) is 0.248. The lowest BCUT2D eigenvalue weighted by Crippen LogP contribution is -2.33. The molecule has 22 heavy (non-hydrogen) atoms. The number of amides is 2. The Bertz CT molecular complexity index is 493. The smallest absolute Gasteiger partial charge is 0.438 e. The molecule has 2 N–H and O–H groups in total. The molecule has 1 rings (SSSR count). The van der Waals surface area contributed by atoms with Gasteiger partial charge in [-0.2, -0.15) is 5.06 Å². The number of halogens is 1. The van der Waals surface area contributed by atoms with Gasteiger partial charge >= 0.3 is 12.2 Å². The summed E-state index contributed by atoms with van der Waals surface area (Å²) in [4.78, 5) is 22.8. The second kappa shape index (κ2) is 9.26. The summed E-state index contributed by atoms with van der Waals surface area (Å²) in [5.41, 5.74) is 0.275. The highest BCUT2D eigenvalue weighted by molar-refractivity contribution is 9.10. The Balaban J connectivity index is 2.25. The minimum atomic E-state index is -0.931. The molecule has 0 aliphatic heterocycles. The van der Waals surface area contributed by atoms with Crippen LogP contribution in [0, 0.1) is 5.92 Å². The molecule has 0 radical (unpaired) electrons. The van der Waals surface area contributed by atoms with E-state index < -0.39 is 12.2 Å². The molecular formula is C14H19BrN2O5. The first kappa shape index (κ1) is 18.2. The van der Waals surface area contributed by atoms with Crippen molar-refractivity contribution in [3.63, 3.8) is 0 Å². The third-order valence-corrected chi connectivity index (χ3v) is 2.92. The predicted octanol–water partition coefficient (Wildman–Crippen LogP) is 3.16. The second-order valence-electron chi connectivity index (χ2n) is 4.82. The average Bonchev–Trinajstić information content (AvgIpc) is 2.49. The lowest BCUT2D eigenvalue weighted by atomic mass is 10.2. The van der Waals surface area contributed by atoms with Gasteiger partial charge in [-0.1, -0.05) is 29.8 Å². The van der Waals surface area contributed by atoms with Gasteiger partial charge in [0.1, 0.15) is 6.61 Å². The van der Waals surface area contributed by atoms with Crippen LogP contribution < -0.4 is 10.4 Å². The zero-order valence-corrected chi connectivity index (χ0v) is 14.0. The molecule has 0 atom stereocenters. The highest BCUT2D eigenvalue weighted by Crippen LogP contribution is 2.17. The van der Waals surface area contributed by atoms with E-state index in [1.807, 2.05) is 13.8 Å². The number of ether oxygens (including phenoxy) is 2. The summed E-state index contributed by atoms with van der Waals surface area (Å²) in [6, 6.07) is 6.45. The van der Waals surface area contributed by atoms with Crippen molar-refractivity contribution in [1.29, 1.82) is 0 Å². The Morgan fingerprint density at radius 2 is 1.91 bits per heavy atom. The van der Waals surface area contributed by atoms with Gasteiger partial charge in [0.2, 0.25) is 0 Å². The highest BCUT2D eigenvalue weighted by Gasteiger charge is 2.14. The highest BCUT2D eigenvalue weighted by atomic mass is 79.9. The molecule has 0 aliphatic carbocycles. The minimum absolute atomic E-state index is 0.0802. The largest absolute Gasteiger partial charge is 0.449 e. The zero-order chi connectivity index (χ0) is 16.5. The summed E-state index contributed by atoms with van der Waals surface area (Å²) in [6.45, 7) is 4.18. The Hall–Kier alpha value is -1.80. The molecule has 0 heterocycles. The van der Waals surface area contributed by atoms with E-state index >= 15 is 0 Å². The van der Waals surface area contributed by atoms with Gasteiger partial charge in [-0.3, -0.25) is 5.21 Å². The molecule has 7 nitrogen and oxygen atoms in total. The maximum absolute atomic E-state index is 11.6. The molecule has 0 aromatic heterocycles. The number of anilines is 1. The van der Waals surface area contributed by atoms with Crippen molar-refractivity contribution >= 4 is 33.8 Å². The third-order valence-electron chi connectivity index (χ3n) is 2.39. The summed E-state index contributed by atoms with van der Waals surface area (Å²) < 4.78 is 10.5. The van der Waals surface area contributed by atoms with Crippen molar-refractivity contribution in [3.05, 3.63) is 28.7 Å². The first-order valence-corrected chi connectivity index (χ1v) is 7.51. The maximum atomic E-state index is 11.6. The summed E-state index contributed by atoms with van der Waals surface area (Å²) in [7, 11) is 0. The van der Waals surface area contributed by atoms with Gasteiger partial charge in [-0.25, -0.2) is 9.59 Å². The van der Waals surface area contributed by atoms with Crippen LogP contribution in [0.3, 0.4) is 0 Å². The molecule has 0 saturated carbocycles. The van der Waals surface area contributed by atoms with Crippen molar-refractivity contribution in [1.82, 2.24) is 5.32 Å². The van der Waals surface area contributed by atoms with E-state index in [0.29, 0.717) is 11.7 Å². The van der Waals surface area contributed by atoms with Crippen LogP contribution in [-0.2, 0) is 9.47 Å². The molecule has 0 bridgehead atoms. The van der Waals surface area contributed by atoms with Crippen molar-refractivity contribution in [2.45, 2.75) is 13.8 Å². The molecular weight excluding hydrogens is 356 g/mol. The van der Waals surface area contributed by atoms with Gasteiger partial charge in [0, 0.05) is 4.47 Å². The van der Waals surface area contributed by atoms with Crippen LogP contribution in [0.4, 0.5) is 15.3 Å². The Kier molecular flexibility index (Phi) is 7.69. The number of carbonyl (C=O) groups excluding carboxylic acids is 2. The quantitative estimate of drug-likeness (QED) is 0.453. The van der Waals surface area contributed by atoms with Gasteiger partial charge in [0.15, 0.2) is 0 Å². The van der Waals surface area contributed by atoms with Gasteiger partial charge in [-0.15, -0.1) is 0 Å². The number of nitrogens with zero attached hydrogens (tertiary/aromatic N) is 1. The van der Waals surface area contributed by atoms with Gasteiger partial charge in [-0.05, 0) is 30.2 Å². The Labute approximate surface area is 137 Å². The molecule has 0 aliphatic rings. The maximum Gasteiger partial charge on any atom is 0.438 e. The molecule has 2 amide bonds. The normalized spacial score (nSPS) is 10.2. The first-order chi connectivity index (χ1) is 10.4. The van der Waals surface area contributed by atoms with Gasteiger partial charge < -0.3 is 14.8 Å². The van der Waals surface area contributed by atoms with Crippen molar-refractivity contribution in [2.75, 3.05) is 24.8 Å². The van der Waals surface area contributed by atoms with Crippen LogP contribution in [0.1, 0.15) is 13.8 Å². The lowest BCUT2D eigenvalue weighted by Gasteiger charge is -2.15. The third kappa shape index (κ3) is 6.77. The minimum Gasteiger partial charge on any atom is -0.449 e. The number of nitrogens with one attached hydrogen (secondary N) is 1. The summed E-state index contributed by atoms with van der Waals surface area (Å²) in [6.07, 6.45) is -1.50. The molecule has 8 heteroatoms. The fourth-order valence-electron chi connectivity index (χ4n) is 1.33. The molecule has 0 fully saturated rings. The number of hydroxylamine groups is 1. The monoisotopic (exact) mass is 374 g/mol. The number of hydrogen-bond acceptors (Lipinski definition) is 5. The number of alkyl carbamates (subject to hydrolysis) is 1.